The summed E-state index contributed by atoms with van der Waals surface area (Å²) < 4.78 is 27.1. The van der Waals surface area contributed by atoms with E-state index in [0.29, 0.717) is 23.2 Å². The molecule has 1 aromatic carbocycles. The minimum atomic E-state index is -3.43. The summed E-state index contributed by atoms with van der Waals surface area (Å²) in [5.41, 5.74) is 0.671. The van der Waals surface area contributed by atoms with Crippen LogP contribution < -0.4 is 15.4 Å². The number of anilines is 1. The number of rotatable bonds is 7. The van der Waals surface area contributed by atoms with E-state index in [1.807, 2.05) is 19.1 Å². The number of nitrogens with one attached hydrogen (secondary N) is 3. The topological polar surface area (TPSA) is 70.2 Å². The second kappa shape index (κ2) is 7.06. The summed E-state index contributed by atoms with van der Waals surface area (Å²) in [6.45, 7) is 4.20. The van der Waals surface area contributed by atoms with Crippen LogP contribution in [-0.4, -0.2) is 34.1 Å². The van der Waals surface area contributed by atoms with Gasteiger partial charge in [0.2, 0.25) is 10.0 Å². The van der Waals surface area contributed by atoms with Gasteiger partial charge in [-0.15, -0.1) is 0 Å². The molecule has 5 nitrogen and oxygen atoms in total. The van der Waals surface area contributed by atoms with Gasteiger partial charge in [-0.05, 0) is 37.9 Å². The molecule has 1 saturated heterocycles. The SMILES string of the molecule is CCCNS(=O)(=O)c1ccccc1NCC1CCCN1. The van der Waals surface area contributed by atoms with Crippen LogP contribution in [0, 0.1) is 0 Å². The van der Waals surface area contributed by atoms with E-state index in [1.54, 1.807) is 12.1 Å². The summed E-state index contributed by atoms with van der Waals surface area (Å²) in [5, 5.41) is 6.65. The average Bonchev–Trinajstić information content (AvgIpc) is 2.96. The molecule has 0 saturated carbocycles. The number of para-hydroxylation sites is 1. The molecule has 1 unspecified atom stereocenters. The van der Waals surface area contributed by atoms with Crippen molar-refractivity contribution in [1.82, 2.24) is 10.0 Å². The van der Waals surface area contributed by atoms with Gasteiger partial charge in [-0.2, -0.15) is 0 Å². The highest BCUT2D eigenvalue weighted by Gasteiger charge is 2.19. The predicted molar refractivity (Wildman–Crippen MR) is 81.4 cm³/mol. The van der Waals surface area contributed by atoms with Crippen molar-refractivity contribution in [2.45, 2.75) is 37.1 Å². The predicted octanol–water partition coefficient (Wildman–Crippen LogP) is 1.54. The Morgan fingerprint density at radius 1 is 1.35 bits per heavy atom. The molecule has 1 atom stereocenters. The van der Waals surface area contributed by atoms with Crippen LogP contribution in [-0.2, 0) is 10.0 Å². The average molecular weight is 297 g/mol. The highest BCUT2D eigenvalue weighted by Crippen LogP contribution is 2.21. The molecule has 0 spiro atoms. The summed E-state index contributed by atoms with van der Waals surface area (Å²) in [7, 11) is -3.43. The van der Waals surface area contributed by atoms with Crippen LogP contribution in [0.25, 0.3) is 0 Å². The van der Waals surface area contributed by atoms with Crippen molar-refractivity contribution in [3.8, 4) is 0 Å². The van der Waals surface area contributed by atoms with Crippen molar-refractivity contribution in [2.24, 2.45) is 0 Å². The van der Waals surface area contributed by atoms with Gasteiger partial charge in [-0.25, -0.2) is 13.1 Å². The van der Waals surface area contributed by atoms with E-state index < -0.39 is 10.0 Å². The van der Waals surface area contributed by atoms with E-state index in [2.05, 4.69) is 15.4 Å². The van der Waals surface area contributed by atoms with Crippen LogP contribution in [0.3, 0.4) is 0 Å². The van der Waals surface area contributed by atoms with Gasteiger partial charge in [-0.1, -0.05) is 19.1 Å². The molecule has 20 heavy (non-hydrogen) atoms. The Kier molecular flexibility index (Phi) is 5.39. The molecule has 1 aliphatic rings. The van der Waals surface area contributed by atoms with Gasteiger partial charge >= 0.3 is 0 Å². The maximum Gasteiger partial charge on any atom is 0.242 e. The monoisotopic (exact) mass is 297 g/mol. The lowest BCUT2D eigenvalue weighted by molar-refractivity contribution is 0.580. The second-order valence-corrected chi connectivity index (χ2v) is 6.80. The molecule has 1 fully saturated rings. The first-order valence-electron chi connectivity index (χ1n) is 7.19. The van der Waals surface area contributed by atoms with Crippen molar-refractivity contribution in [2.75, 3.05) is 25.0 Å². The van der Waals surface area contributed by atoms with Gasteiger partial charge in [0.25, 0.3) is 0 Å². The first kappa shape index (κ1) is 15.3. The van der Waals surface area contributed by atoms with E-state index in [1.165, 1.54) is 6.42 Å². The van der Waals surface area contributed by atoms with Crippen LogP contribution in [0.5, 0.6) is 0 Å². The fraction of sp³-hybridized carbons (Fsp3) is 0.571. The van der Waals surface area contributed by atoms with E-state index in [0.717, 1.165) is 25.9 Å². The summed E-state index contributed by atoms with van der Waals surface area (Å²) in [6.07, 6.45) is 3.10. The Morgan fingerprint density at radius 2 is 2.15 bits per heavy atom. The molecule has 112 valence electrons. The number of benzene rings is 1. The fourth-order valence-electron chi connectivity index (χ4n) is 2.33. The third-order valence-electron chi connectivity index (χ3n) is 3.42. The summed E-state index contributed by atoms with van der Waals surface area (Å²) in [6, 6.07) is 7.48. The Hall–Kier alpha value is -1.11. The zero-order valence-corrected chi connectivity index (χ0v) is 12.7. The van der Waals surface area contributed by atoms with Gasteiger partial charge in [0.15, 0.2) is 0 Å². The van der Waals surface area contributed by atoms with Crippen molar-refractivity contribution in [3.63, 3.8) is 0 Å². The molecule has 2 rings (SSSR count). The molecular formula is C14H23N3O2S. The van der Waals surface area contributed by atoms with E-state index in [4.69, 9.17) is 0 Å². The Labute approximate surface area is 121 Å². The first-order valence-corrected chi connectivity index (χ1v) is 8.68. The van der Waals surface area contributed by atoms with Crippen LogP contribution in [0.1, 0.15) is 26.2 Å². The van der Waals surface area contributed by atoms with Crippen molar-refractivity contribution < 1.29 is 8.42 Å². The van der Waals surface area contributed by atoms with Crippen molar-refractivity contribution in [1.29, 1.82) is 0 Å². The maximum absolute atomic E-state index is 12.2. The zero-order chi connectivity index (χ0) is 14.4. The van der Waals surface area contributed by atoms with Gasteiger partial charge in [0.05, 0.1) is 5.69 Å². The third kappa shape index (κ3) is 3.94. The summed E-state index contributed by atoms with van der Waals surface area (Å²) >= 11 is 0. The minimum absolute atomic E-state index is 0.325. The second-order valence-electron chi connectivity index (χ2n) is 5.07. The number of hydrogen-bond acceptors (Lipinski definition) is 4. The molecule has 0 amide bonds. The lowest BCUT2D eigenvalue weighted by Crippen LogP contribution is -2.30. The third-order valence-corrected chi connectivity index (χ3v) is 4.94. The molecule has 0 bridgehead atoms. The molecule has 0 aliphatic carbocycles. The van der Waals surface area contributed by atoms with E-state index in [9.17, 15) is 8.42 Å². The fourth-order valence-corrected chi connectivity index (χ4v) is 3.64. The Bertz CT molecular complexity index is 525. The standard InChI is InChI=1S/C14H23N3O2S/c1-2-9-17-20(18,19)14-8-4-3-7-13(14)16-11-12-6-5-10-15-12/h3-4,7-8,12,15-17H,2,5-6,9-11H2,1H3. The van der Waals surface area contributed by atoms with E-state index in [-0.39, 0.29) is 0 Å². The summed E-state index contributed by atoms with van der Waals surface area (Å²) in [5.74, 6) is 0. The minimum Gasteiger partial charge on any atom is -0.382 e. The van der Waals surface area contributed by atoms with E-state index >= 15 is 0 Å². The molecule has 1 aliphatic heterocycles. The normalized spacial score (nSPS) is 19.1. The zero-order valence-electron chi connectivity index (χ0n) is 11.9. The highest BCUT2D eigenvalue weighted by molar-refractivity contribution is 7.89. The lowest BCUT2D eigenvalue weighted by Gasteiger charge is -2.16. The molecule has 3 N–H and O–H groups in total. The van der Waals surface area contributed by atoms with Crippen LogP contribution in [0.4, 0.5) is 5.69 Å². The van der Waals surface area contributed by atoms with Gasteiger partial charge in [-0.3, -0.25) is 0 Å². The smallest absolute Gasteiger partial charge is 0.242 e. The van der Waals surface area contributed by atoms with Gasteiger partial charge < -0.3 is 10.6 Å². The summed E-state index contributed by atoms with van der Waals surface area (Å²) in [4.78, 5) is 0.325. The molecule has 0 aromatic heterocycles. The first-order chi connectivity index (χ1) is 9.63. The number of sulfonamides is 1. The molecule has 6 heteroatoms. The largest absolute Gasteiger partial charge is 0.382 e. The van der Waals surface area contributed by atoms with Gasteiger partial charge in [0, 0.05) is 19.1 Å². The van der Waals surface area contributed by atoms with Crippen LogP contribution in [0.2, 0.25) is 0 Å². The Balaban J connectivity index is 2.08. The van der Waals surface area contributed by atoms with Crippen LogP contribution >= 0.6 is 0 Å². The van der Waals surface area contributed by atoms with Crippen molar-refractivity contribution >= 4 is 15.7 Å². The Morgan fingerprint density at radius 3 is 2.85 bits per heavy atom. The molecule has 1 heterocycles. The van der Waals surface area contributed by atoms with Gasteiger partial charge in [0.1, 0.15) is 4.90 Å². The molecular weight excluding hydrogens is 274 g/mol. The lowest BCUT2D eigenvalue weighted by atomic mass is 10.2. The van der Waals surface area contributed by atoms with Crippen LogP contribution in [0.15, 0.2) is 29.2 Å². The molecule has 1 aromatic rings. The quantitative estimate of drug-likeness (QED) is 0.714. The highest BCUT2D eigenvalue weighted by atomic mass is 32.2. The molecule has 0 radical (unpaired) electrons. The maximum atomic E-state index is 12.2. The van der Waals surface area contributed by atoms with Crippen molar-refractivity contribution in [3.05, 3.63) is 24.3 Å². The number of hydrogen-bond donors (Lipinski definition) is 3.